The van der Waals surface area contributed by atoms with Crippen LogP contribution in [0.3, 0.4) is 0 Å². The lowest BCUT2D eigenvalue weighted by molar-refractivity contribution is 0.0646. The highest BCUT2D eigenvalue weighted by molar-refractivity contribution is 14.1. The molecule has 1 heterocycles. The number of alkyl halides is 2. The van der Waals surface area contributed by atoms with E-state index in [1.807, 2.05) is 6.07 Å². The molecular formula is C17H14F2IN3O. The zero-order valence-electron chi connectivity index (χ0n) is 12.8. The maximum Gasteiger partial charge on any atom is 0.320 e. The molecule has 3 aromatic rings. The molecule has 0 fully saturated rings. The number of imidazole rings is 1. The average molecular weight is 441 g/mol. The predicted molar refractivity (Wildman–Crippen MR) is 95.9 cm³/mol. The van der Waals surface area contributed by atoms with Crippen LogP contribution in [0, 0.1) is 3.57 Å². The molecular weight excluding hydrogens is 427 g/mol. The average Bonchev–Trinajstić information content (AvgIpc) is 2.91. The summed E-state index contributed by atoms with van der Waals surface area (Å²) in [5, 5.41) is 0. The fourth-order valence-electron chi connectivity index (χ4n) is 2.55. The van der Waals surface area contributed by atoms with Gasteiger partial charge < -0.3 is 4.90 Å². The van der Waals surface area contributed by atoms with E-state index >= 15 is 0 Å². The van der Waals surface area contributed by atoms with E-state index in [1.165, 1.54) is 4.90 Å². The second-order valence-corrected chi connectivity index (χ2v) is 6.58. The second kappa shape index (κ2) is 6.84. The smallest absolute Gasteiger partial charge is 0.320 e. The molecule has 0 aliphatic carbocycles. The Kier molecular flexibility index (Phi) is 4.79. The van der Waals surface area contributed by atoms with Gasteiger partial charge >= 0.3 is 6.55 Å². The fraction of sp³-hybridized carbons (Fsp3) is 0.176. The first-order chi connectivity index (χ1) is 11.5. The van der Waals surface area contributed by atoms with Crippen LogP contribution in [0.4, 0.5) is 8.78 Å². The quantitative estimate of drug-likeness (QED) is 0.567. The topological polar surface area (TPSA) is 38.1 Å². The summed E-state index contributed by atoms with van der Waals surface area (Å²) in [5.74, 6) is -0.0749. The Labute approximate surface area is 151 Å². The summed E-state index contributed by atoms with van der Waals surface area (Å²) in [4.78, 5) is 18.1. The number of benzene rings is 2. The third-order valence-electron chi connectivity index (χ3n) is 3.66. The van der Waals surface area contributed by atoms with Gasteiger partial charge in [0.1, 0.15) is 5.82 Å². The van der Waals surface area contributed by atoms with Crippen LogP contribution < -0.4 is 0 Å². The number of fused-ring (bicyclic) bond motifs is 1. The lowest BCUT2D eigenvalue weighted by Crippen LogP contribution is -2.28. The summed E-state index contributed by atoms with van der Waals surface area (Å²) in [6, 6.07) is 13.8. The van der Waals surface area contributed by atoms with E-state index < -0.39 is 6.55 Å². The van der Waals surface area contributed by atoms with Gasteiger partial charge in [0.05, 0.1) is 17.6 Å². The van der Waals surface area contributed by atoms with Gasteiger partial charge in [0.15, 0.2) is 0 Å². The van der Waals surface area contributed by atoms with Gasteiger partial charge in [-0.15, -0.1) is 0 Å². The highest BCUT2D eigenvalue weighted by Gasteiger charge is 2.20. The molecule has 124 valence electrons. The van der Waals surface area contributed by atoms with E-state index in [2.05, 4.69) is 27.6 Å². The predicted octanol–water partition coefficient (Wildman–Crippen LogP) is 4.31. The van der Waals surface area contributed by atoms with Crippen LogP contribution in [0.25, 0.3) is 11.0 Å². The van der Waals surface area contributed by atoms with Gasteiger partial charge in [0.25, 0.3) is 5.91 Å². The Hall–Kier alpha value is -2.03. The highest BCUT2D eigenvalue weighted by Crippen LogP contribution is 2.24. The van der Waals surface area contributed by atoms with Crippen molar-refractivity contribution in [2.75, 3.05) is 7.05 Å². The zero-order chi connectivity index (χ0) is 17.3. The van der Waals surface area contributed by atoms with Gasteiger partial charge in [-0.2, -0.15) is 8.78 Å². The monoisotopic (exact) mass is 441 g/mol. The molecule has 0 radical (unpaired) electrons. The molecule has 0 saturated carbocycles. The molecule has 0 N–H and O–H groups in total. The number of hydrogen-bond donors (Lipinski definition) is 0. The summed E-state index contributed by atoms with van der Waals surface area (Å²) >= 11 is 2.12. The Morgan fingerprint density at radius 3 is 2.71 bits per heavy atom. The maximum atomic E-state index is 13.4. The minimum Gasteiger partial charge on any atom is -0.334 e. The molecule has 4 nitrogen and oxygen atoms in total. The lowest BCUT2D eigenvalue weighted by atomic mass is 10.2. The number of amides is 1. The fourth-order valence-corrected chi connectivity index (χ4v) is 3.09. The summed E-state index contributed by atoms with van der Waals surface area (Å²) < 4.78 is 28.7. The van der Waals surface area contributed by atoms with Crippen LogP contribution in [0.5, 0.6) is 0 Å². The molecule has 1 amide bonds. The van der Waals surface area contributed by atoms with Gasteiger partial charge in [0, 0.05) is 16.2 Å². The summed E-state index contributed by atoms with van der Waals surface area (Å²) in [7, 11) is 1.58. The lowest BCUT2D eigenvalue weighted by Gasteiger charge is -2.18. The van der Waals surface area contributed by atoms with Gasteiger partial charge in [-0.1, -0.05) is 18.2 Å². The van der Waals surface area contributed by atoms with Crippen molar-refractivity contribution in [2.45, 2.75) is 13.1 Å². The molecule has 0 bridgehead atoms. The van der Waals surface area contributed by atoms with Crippen molar-refractivity contribution in [2.24, 2.45) is 0 Å². The normalized spacial score (nSPS) is 11.2. The van der Waals surface area contributed by atoms with Crippen LogP contribution in [0.2, 0.25) is 0 Å². The first-order valence-corrected chi connectivity index (χ1v) is 8.30. The van der Waals surface area contributed by atoms with Crippen molar-refractivity contribution in [1.29, 1.82) is 0 Å². The number of carbonyl (C=O) groups is 1. The molecule has 3 rings (SSSR count). The van der Waals surface area contributed by atoms with Gasteiger partial charge in [-0.05, 0) is 52.9 Å². The highest BCUT2D eigenvalue weighted by atomic mass is 127. The summed E-state index contributed by atoms with van der Waals surface area (Å²) in [6.07, 6.45) is 0. The largest absolute Gasteiger partial charge is 0.334 e. The molecule has 2 aromatic carbocycles. The van der Waals surface area contributed by atoms with Gasteiger partial charge in [-0.3, -0.25) is 9.36 Å². The molecule has 0 spiro atoms. The minimum atomic E-state index is -2.71. The summed E-state index contributed by atoms with van der Waals surface area (Å²) in [6.45, 7) is -2.71. The van der Waals surface area contributed by atoms with Crippen LogP contribution in [-0.2, 0) is 6.54 Å². The Morgan fingerprint density at radius 1 is 1.25 bits per heavy atom. The molecule has 0 atom stereocenters. The van der Waals surface area contributed by atoms with Crippen LogP contribution in [0.15, 0.2) is 48.5 Å². The Morgan fingerprint density at radius 2 is 2.00 bits per heavy atom. The first-order valence-electron chi connectivity index (χ1n) is 7.22. The first kappa shape index (κ1) is 16.8. The van der Waals surface area contributed by atoms with E-state index in [-0.39, 0.29) is 18.3 Å². The molecule has 0 unspecified atom stereocenters. The number of halogens is 3. The van der Waals surface area contributed by atoms with E-state index in [9.17, 15) is 13.6 Å². The molecule has 0 saturated heterocycles. The van der Waals surface area contributed by atoms with Gasteiger partial charge in [-0.25, -0.2) is 4.98 Å². The number of aromatic nitrogens is 2. The minimum absolute atomic E-state index is 0.00330. The third kappa shape index (κ3) is 3.26. The molecule has 0 aliphatic heterocycles. The molecule has 1 aromatic heterocycles. The number of nitrogens with zero attached hydrogens (tertiary/aromatic N) is 3. The summed E-state index contributed by atoms with van der Waals surface area (Å²) in [5.41, 5.74) is 1.37. The molecule has 7 heteroatoms. The van der Waals surface area contributed by atoms with Gasteiger partial charge in [0.2, 0.25) is 0 Å². The zero-order valence-corrected chi connectivity index (χ0v) is 14.9. The standard InChI is InChI=1S/C17H14F2IN3O/c1-22(16(24)11-5-4-6-12(20)9-11)10-15-21-13-7-2-3-8-14(13)23(15)17(18)19/h2-9,17H,10H2,1H3. The SMILES string of the molecule is CN(Cc1nc2ccccc2n1C(F)F)C(=O)c1cccc(I)c1. The van der Waals surface area contributed by atoms with E-state index in [4.69, 9.17) is 0 Å². The van der Waals surface area contributed by atoms with Crippen LogP contribution in [-0.4, -0.2) is 27.4 Å². The van der Waals surface area contributed by atoms with Crippen molar-refractivity contribution in [3.8, 4) is 0 Å². The molecule has 24 heavy (non-hydrogen) atoms. The van der Waals surface area contributed by atoms with E-state index in [0.717, 1.165) is 8.14 Å². The number of carbonyl (C=O) groups excluding carboxylic acids is 1. The number of rotatable bonds is 4. The molecule has 0 aliphatic rings. The van der Waals surface area contributed by atoms with E-state index in [0.29, 0.717) is 16.6 Å². The van der Waals surface area contributed by atoms with E-state index in [1.54, 1.807) is 49.5 Å². The third-order valence-corrected chi connectivity index (χ3v) is 4.33. The van der Waals surface area contributed by atoms with Crippen molar-refractivity contribution < 1.29 is 13.6 Å². The Bertz CT molecular complexity index is 894. The van der Waals surface area contributed by atoms with Crippen molar-refractivity contribution in [3.63, 3.8) is 0 Å². The number of hydrogen-bond acceptors (Lipinski definition) is 2. The second-order valence-electron chi connectivity index (χ2n) is 5.34. The van der Waals surface area contributed by atoms with Crippen LogP contribution in [0.1, 0.15) is 22.7 Å². The number of para-hydroxylation sites is 2. The van der Waals surface area contributed by atoms with Crippen molar-refractivity contribution >= 4 is 39.5 Å². The Balaban J connectivity index is 1.91. The maximum absolute atomic E-state index is 13.4. The van der Waals surface area contributed by atoms with Crippen molar-refractivity contribution in [1.82, 2.24) is 14.5 Å². The van der Waals surface area contributed by atoms with Crippen LogP contribution >= 0.6 is 22.6 Å². The van der Waals surface area contributed by atoms with Crippen molar-refractivity contribution in [3.05, 3.63) is 63.5 Å².